The van der Waals surface area contributed by atoms with Gasteiger partial charge in [-0.05, 0) is 31.5 Å². The molecule has 0 N–H and O–H groups in total. The zero-order valence-corrected chi connectivity index (χ0v) is 13.3. The molecule has 0 aliphatic rings. The molecule has 112 valence electrons. The lowest BCUT2D eigenvalue weighted by atomic mass is 10.1. The largest absolute Gasteiger partial charge is 0.493 e. The summed E-state index contributed by atoms with van der Waals surface area (Å²) in [6.07, 6.45) is 0.857. The first-order valence-electron chi connectivity index (χ1n) is 7.15. The number of para-hydroxylation sites is 1. The van der Waals surface area contributed by atoms with Crippen LogP contribution in [0.25, 0.3) is 11.3 Å². The van der Waals surface area contributed by atoms with Gasteiger partial charge in [0, 0.05) is 23.4 Å². The van der Waals surface area contributed by atoms with E-state index >= 15 is 0 Å². The van der Waals surface area contributed by atoms with Crippen molar-refractivity contribution in [3.05, 3.63) is 46.2 Å². The number of thiol groups is 1. The van der Waals surface area contributed by atoms with Gasteiger partial charge >= 0.3 is 0 Å². The summed E-state index contributed by atoms with van der Waals surface area (Å²) in [5.41, 5.74) is 2.23. The molecule has 0 spiro atoms. The van der Waals surface area contributed by atoms with Crippen LogP contribution in [0.2, 0.25) is 0 Å². The van der Waals surface area contributed by atoms with E-state index in [1.807, 2.05) is 38.1 Å². The minimum absolute atomic E-state index is 0.0653. The smallest absolute Gasteiger partial charge is 0.270 e. The summed E-state index contributed by atoms with van der Waals surface area (Å²) in [5.74, 6) is 1.17. The Hall–Kier alpha value is -1.75. The number of rotatable bonds is 6. The Morgan fingerprint density at radius 2 is 2.05 bits per heavy atom. The maximum absolute atomic E-state index is 12.2. The highest BCUT2D eigenvalue weighted by Gasteiger charge is 2.12. The first kappa shape index (κ1) is 15.6. The third-order valence-corrected chi connectivity index (χ3v) is 3.46. The monoisotopic (exact) mass is 304 g/mol. The van der Waals surface area contributed by atoms with Gasteiger partial charge in [-0.1, -0.05) is 19.1 Å². The second kappa shape index (κ2) is 7.31. The van der Waals surface area contributed by atoms with Crippen molar-refractivity contribution in [1.82, 2.24) is 9.78 Å². The first-order valence-corrected chi connectivity index (χ1v) is 7.78. The fourth-order valence-corrected chi connectivity index (χ4v) is 2.39. The molecule has 0 atom stereocenters. The maximum atomic E-state index is 12.2. The maximum Gasteiger partial charge on any atom is 0.270 e. The van der Waals surface area contributed by atoms with Crippen LogP contribution in [0, 0.1) is 0 Å². The van der Waals surface area contributed by atoms with E-state index in [4.69, 9.17) is 4.74 Å². The summed E-state index contributed by atoms with van der Waals surface area (Å²) in [6, 6.07) is 9.54. The number of hydrogen-bond donors (Lipinski definition) is 1. The van der Waals surface area contributed by atoms with Gasteiger partial charge < -0.3 is 4.74 Å². The molecule has 2 aromatic rings. The summed E-state index contributed by atoms with van der Waals surface area (Å²) in [7, 11) is 0. The molecule has 21 heavy (non-hydrogen) atoms. The van der Waals surface area contributed by atoms with Gasteiger partial charge in [-0.3, -0.25) is 4.79 Å². The van der Waals surface area contributed by atoms with Crippen molar-refractivity contribution in [1.29, 1.82) is 0 Å². The Morgan fingerprint density at radius 1 is 1.29 bits per heavy atom. The minimum atomic E-state index is -0.0653. The van der Waals surface area contributed by atoms with Crippen molar-refractivity contribution in [3.8, 4) is 17.0 Å². The Labute approximate surface area is 130 Å². The molecule has 5 heteroatoms. The number of benzene rings is 1. The van der Waals surface area contributed by atoms with E-state index < -0.39 is 0 Å². The summed E-state index contributed by atoms with van der Waals surface area (Å²) in [5, 5.41) is 4.47. The molecule has 1 aromatic heterocycles. The summed E-state index contributed by atoms with van der Waals surface area (Å²) < 4.78 is 7.17. The normalized spacial score (nSPS) is 10.6. The van der Waals surface area contributed by atoms with Crippen LogP contribution >= 0.6 is 12.6 Å². The van der Waals surface area contributed by atoms with Crippen LogP contribution in [0.4, 0.5) is 0 Å². The molecule has 0 radical (unpaired) electrons. The molecule has 0 saturated carbocycles. The highest BCUT2D eigenvalue weighted by atomic mass is 32.1. The van der Waals surface area contributed by atoms with Gasteiger partial charge in [0.2, 0.25) is 0 Å². The van der Waals surface area contributed by atoms with Crippen molar-refractivity contribution >= 4 is 12.6 Å². The Balaban J connectivity index is 2.58. The Kier molecular flexibility index (Phi) is 5.44. The molecular formula is C16H20N2O2S. The number of aryl methyl sites for hydroxylation is 1. The highest BCUT2D eigenvalue weighted by Crippen LogP contribution is 2.28. The van der Waals surface area contributed by atoms with Gasteiger partial charge in [-0.25, -0.2) is 4.68 Å². The lowest BCUT2D eigenvalue weighted by Crippen LogP contribution is -2.26. The molecule has 0 unspecified atom stereocenters. The predicted molar refractivity (Wildman–Crippen MR) is 88.1 cm³/mol. The SMILES string of the molecule is CCCn1nc(-c2ccccc2OCC)cc(CS)c1=O. The van der Waals surface area contributed by atoms with Crippen LogP contribution in [0.3, 0.4) is 0 Å². The Bertz CT molecular complexity index is 668. The van der Waals surface area contributed by atoms with E-state index in [-0.39, 0.29) is 5.56 Å². The number of nitrogens with zero attached hydrogens (tertiary/aromatic N) is 2. The molecule has 0 amide bonds. The van der Waals surface area contributed by atoms with Crippen molar-refractivity contribution in [2.24, 2.45) is 0 Å². The van der Waals surface area contributed by atoms with E-state index in [2.05, 4.69) is 17.7 Å². The van der Waals surface area contributed by atoms with Crippen LogP contribution < -0.4 is 10.3 Å². The Morgan fingerprint density at radius 3 is 2.71 bits per heavy atom. The van der Waals surface area contributed by atoms with Gasteiger partial charge in [-0.15, -0.1) is 0 Å². The van der Waals surface area contributed by atoms with Crippen LogP contribution in [-0.4, -0.2) is 16.4 Å². The van der Waals surface area contributed by atoms with E-state index in [0.29, 0.717) is 24.5 Å². The fraction of sp³-hybridized carbons (Fsp3) is 0.375. The van der Waals surface area contributed by atoms with Crippen LogP contribution in [0.1, 0.15) is 25.8 Å². The highest BCUT2D eigenvalue weighted by molar-refractivity contribution is 7.79. The van der Waals surface area contributed by atoms with Gasteiger partial charge in [0.15, 0.2) is 0 Å². The number of hydrogen-bond acceptors (Lipinski definition) is 4. The molecule has 0 aliphatic carbocycles. The fourth-order valence-electron chi connectivity index (χ4n) is 2.16. The van der Waals surface area contributed by atoms with Gasteiger partial charge in [-0.2, -0.15) is 17.7 Å². The molecule has 0 fully saturated rings. The lowest BCUT2D eigenvalue weighted by molar-refractivity contribution is 0.341. The molecule has 0 bridgehead atoms. The lowest BCUT2D eigenvalue weighted by Gasteiger charge is -2.12. The van der Waals surface area contributed by atoms with Crippen LogP contribution in [-0.2, 0) is 12.3 Å². The quantitative estimate of drug-likeness (QED) is 0.834. The second-order valence-electron chi connectivity index (χ2n) is 4.67. The molecule has 4 nitrogen and oxygen atoms in total. The van der Waals surface area contributed by atoms with Gasteiger partial charge in [0.25, 0.3) is 5.56 Å². The van der Waals surface area contributed by atoms with Crippen molar-refractivity contribution in [2.45, 2.75) is 32.6 Å². The van der Waals surface area contributed by atoms with E-state index in [0.717, 1.165) is 23.4 Å². The average Bonchev–Trinajstić information content (AvgIpc) is 2.50. The molecule has 1 aromatic carbocycles. The molecule has 1 heterocycles. The van der Waals surface area contributed by atoms with Crippen LogP contribution in [0.5, 0.6) is 5.75 Å². The van der Waals surface area contributed by atoms with Crippen LogP contribution in [0.15, 0.2) is 35.1 Å². The van der Waals surface area contributed by atoms with Crippen molar-refractivity contribution < 1.29 is 4.74 Å². The molecular weight excluding hydrogens is 284 g/mol. The van der Waals surface area contributed by atoms with E-state index in [1.54, 1.807) is 6.07 Å². The second-order valence-corrected chi connectivity index (χ2v) is 4.99. The predicted octanol–water partition coefficient (Wildman–Crippen LogP) is 3.15. The average molecular weight is 304 g/mol. The van der Waals surface area contributed by atoms with Gasteiger partial charge in [0.1, 0.15) is 5.75 Å². The zero-order chi connectivity index (χ0) is 15.2. The van der Waals surface area contributed by atoms with E-state index in [1.165, 1.54) is 4.68 Å². The summed E-state index contributed by atoms with van der Waals surface area (Å²) >= 11 is 4.25. The summed E-state index contributed by atoms with van der Waals surface area (Å²) in [6.45, 7) is 5.16. The van der Waals surface area contributed by atoms with E-state index in [9.17, 15) is 4.79 Å². The minimum Gasteiger partial charge on any atom is -0.493 e. The number of ether oxygens (including phenoxy) is 1. The van der Waals surface area contributed by atoms with Gasteiger partial charge in [0.05, 0.1) is 12.3 Å². The molecule has 0 saturated heterocycles. The summed E-state index contributed by atoms with van der Waals surface area (Å²) in [4.78, 5) is 12.2. The topological polar surface area (TPSA) is 44.1 Å². The van der Waals surface area contributed by atoms with Crippen molar-refractivity contribution in [2.75, 3.05) is 6.61 Å². The van der Waals surface area contributed by atoms with Crippen molar-refractivity contribution in [3.63, 3.8) is 0 Å². The zero-order valence-electron chi connectivity index (χ0n) is 12.4. The molecule has 0 aliphatic heterocycles. The number of aromatic nitrogens is 2. The third-order valence-electron chi connectivity index (χ3n) is 3.12. The third kappa shape index (κ3) is 3.47. The standard InChI is InChI=1S/C16H20N2O2S/c1-3-9-18-16(19)12(11-21)10-14(17-18)13-7-5-6-8-15(13)20-4-2/h5-8,10,21H,3-4,9,11H2,1-2H3. The molecule has 2 rings (SSSR count). The first-order chi connectivity index (χ1) is 10.2.